The number of thioether (sulfide) groups is 2. The fourth-order valence-corrected chi connectivity index (χ4v) is 6.53. The van der Waals surface area contributed by atoms with Gasteiger partial charge in [-0.2, -0.15) is 23.5 Å². The summed E-state index contributed by atoms with van der Waals surface area (Å²) in [4.78, 5) is 0. The van der Waals surface area contributed by atoms with E-state index >= 15 is 0 Å². The predicted molar refractivity (Wildman–Crippen MR) is 99.9 cm³/mol. The second-order valence-electron chi connectivity index (χ2n) is 5.89. The van der Waals surface area contributed by atoms with Crippen molar-refractivity contribution in [1.82, 2.24) is 5.32 Å². The second kappa shape index (κ2) is 8.50. The maximum Gasteiger partial charge on any atom is 0.0323 e. The van der Waals surface area contributed by atoms with Gasteiger partial charge in [0, 0.05) is 28.0 Å². The van der Waals surface area contributed by atoms with E-state index in [0.717, 1.165) is 17.0 Å². The highest BCUT2D eigenvalue weighted by Crippen LogP contribution is 2.36. The Labute approximate surface area is 139 Å². The summed E-state index contributed by atoms with van der Waals surface area (Å²) in [6, 6.07) is 7.28. The molecule has 3 heteroatoms. The molecule has 1 aliphatic rings. The van der Waals surface area contributed by atoms with Crippen LogP contribution in [0.25, 0.3) is 0 Å². The molecule has 2 rings (SSSR count). The van der Waals surface area contributed by atoms with Crippen molar-refractivity contribution in [2.24, 2.45) is 0 Å². The summed E-state index contributed by atoms with van der Waals surface area (Å²) in [7, 11) is 0. The van der Waals surface area contributed by atoms with Gasteiger partial charge in [0.2, 0.25) is 0 Å². The maximum atomic E-state index is 3.79. The van der Waals surface area contributed by atoms with Crippen LogP contribution in [-0.2, 0) is 6.42 Å². The fourth-order valence-electron chi connectivity index (χ4n) is 3.27. The number of nitrogens with one attached hydrogen (secondary N) is 1. The van der Waals surface area contributed by atoms with Gasteiger partial charge in [0.05, 0.1) is 0 Å². The van der Waals surface area contributed by atoms with Gasteiger partial charge >= 0.3 is 0 Å². The summed E-state index contributed by atoms with van der Waals surface area (Å²) in [5.74, 6) is 2.63. The van der Waals surface area contributed by atoms with Crippen LogP contribution in [0, 0.1) is 13.8 Å². The molecule has 1 heterocycles. The highest BCUT2D eigenvalue weighted by atomic mass is 32.2. The van der Waals surface area contributed by atoms with Gasteiger partial charge in [0.1, 0.15) is 0 Å². The van der Waals surface area contributed by atoms with Gasteiger partial charge < -0.3 is 5.32 Å². The highest BCUT2D eigenvalue weighted by Gasteiger charge is 2.32. The van der Waals surface area contributed by atoms with Crippen molar-refractivity contribution >= 4 is 23.5 Å². The van der Waals surface area contributed by atoms with E-state index in [1.165, 1.54) is 35.5 Å². The van der Waals surface area contributed by atoms with E-state index in [1.54, 1.807) is 5.56 Å². The summed E-state index contributed by atoms with van der Waals surface area (Å²) in [5, 5.41) is 5.33. The van der Waals surface area contributed by atoms with Crippen LogP contribution in [0.4, 0.5) is 0 Å². The zero-order valence-electron chi connectivity index (χ0n) is 13.8. The monoisotopic (exact) mass is 323 g/mol. The van der Waals surface area contributed by atoms with Crippen LogP contribution in [0.15, 0.2) is 18.2 Å². The van der Waals surface area contributed by atoms with Crippen molar-refractivity contribution in [2.45, 2.75) is 57.1 Å². The zero-order valence-corrected chi connectivity index (χ0v) is 15.4. The molecule has 3 unspecified atom stereocenters. The van der Waals surface area contributed by atoms with Gasteiger partial charge in [-0.1, -0.05) is 32.0 Å². The molecule has 1 nitrogen and oxygen atoms in total. The van der Waals surface area contributed by atoms with E-state index in [1.807, 2.05) is 0 Å². The van der Waals surface area contributed by atoms with E-state index in [-0.39, 0.29) is 0 Å². The van der Waals surface area contributed by atoms with Crippen LogP contribution in [0.3, 0.4) is 0 Å². The number of rotatable bonds is 6. The van der Waals surface area contributed by atoms with Gasteiger partial charge in [-0.25, -0.2) is 0 Å². The Morgan fingerprint density at radius 3 is 2.43 bits per heavy atom. The molecular weight excluding hydrogens is 294 g/mol. The smallest absolute Gasteiger partial charge is 0.0323 e. The topological polar surface area (TPSA) is 12.0 Å². The molecule has 0 bridgehead atoms. The molecule has 1 N–H and O–H groups in total. The van der Waals surface area contributed by atoms with Crippen LogP contribution in [0.1, 0.15) is 37.0 Å². The zero-order chi connectivity index (χ0) is 15.2. The third-order valence-electron chi connectivity index (χ3n) is 4.43. The maximum absolute atomic E-state index is 3.79. The van der Waals surface area contributed by atoms with Crippen LogP contribution >= 0.6 is 23.5 Å². The normalized spacial score (nSPS) is 24.0. The van der Waals surface area contributed by atoms with Gasteiger partial charge in [0.15, 0.2) is 0 Å². The largest absolute Gasteiger partial charge is 0.313 e. The molecule has 0 amide bonds. The minimum absolute atomic E-state index is 0.595. The van der Waals surface area contributed by atoms with E-state index in [9.17, 15) is 0 Å². The molecular formula is C18H29NS2. The van der Waals surface area contributed by atoms with Crippen LogP contribution < -0.4 is 5.32 Å². The van der Waals surface area contributed by atoms with Gasteiger partial charge in [-0.3, -0.25) is 0 Å². The molecule has 1 aromatic carbocycles. The lowest BCUT2D eigenvalue weighted by molar-refractivity contribution is 0.488. The lowest BCUT2D eigenvalue weighted by atomic mass is 9.93. The van der Waals surface area contributed by atoms with Crippen molar-refractivity contribution in [3.63, 3.8) is 0 Å². The molecule has 1 fully saturated rings. The molecule has 118 valence electrons. The summed E-state index contributed by atoms with van der Waals surface area (Å²) in [5.41, 5.74) is 4.44. The number of aryl methyl sites for hydroxylation is 2. The van der Waals surface area contributed by atoms with Crippen LogP contribution in [0.2, 0.25) is 0 Å². The molecule has 0 radical (unpaired) electrons. The van der Waals surface area contributed by atoms with Gasteiger partial charge in [-0.05, 0) is 49.9 Å². The molecule has 21 heavy (non-hydrogen) atoms. The minimum Gasteiger partial charge on any atom is -0.313 e. The number of hydrogen-bond acceptors (Lipinski definition) is 3. The van der Waals surface area contributed by atoms with E-state index in [2.05, 4.69) is 74.7 Å². The molecule has 0 saturated carbocycles. The van der Waals surface area contributed by atoms with Crippen LogP contribution in [-0.4, -0.2) is 34.6 Å². The first-order valence-corrected chi connectivity index (χ1v) is 10.3. The summed E-state index contributed by atoms with van der Waals surface area (Å²) >= 11 is 4.38. The average Bonchev–Trinajstić information content (AvgIpc) is 2.50. The average molecular weight is 324 g/mol. The molecule has 3 atom stereocenters. The van der Waals surface area contributed by atoms with Gasteiger partial charge in [0.25, 0.3) is 0 Å². The molecule has 1 aliphatic heterocycles. The summed E-state index contributed by atoms with van der Waals surface area (Å²) in [6.07, 6.45) is 2.46. The number of hydrogen-bond donors (Lipinski definition) is 1. The fraction of sp³-hybridized carbons (Fsp3) is 0.667. The lowest BCUT2D eigenvalue weighted by Gasteiger charge is -2.37. The van der Waals surface area contributed by atoms with Crippen LogP contribution in [0.5, 0.6) is 0 Å². The standard InChI is InChI=1S/C18H29NS2/c1-5-17-18(21-11-10-20-17)16(19-6-2)12-15-13(3)8-7-9-14(15)4/h7-9,16-19H,5-6,10-12H2,1-4H3. The SMILES string of the molecule is CCNC(Cc1c(C)cccc1C)C1SCCSC1CC. The van der Waals surface area contributed by atoms with Gasteiger partial charge in [-0.15, -0.1) is 0 Å². The number of likely N-dealkylation sites (N-methyl/N-ethyl adjacent to an activating group) is 1. The van der Waals surface area contributed by atoms with Crippen molar-refractivity contribution in [2.75, 3.05) is 18.1 Å². The quantitative estimate of drug-likeness (QED) is 0.830. The van der Waals surface area contributed by atoms with E-state index < -0.39 is 0 Å². The highest BCUT2D eigenvalue weighted by molar-refractivity contribution is 8.07. The Kier molecular flexibility index (Phi) is 6.97. The Morgan fingerprint density at radius 1 is 1.14 bits per heavy atom. The summed E-state index contributed by atoms with van der Waals surface area (Å²) < 4.78 is 0. The van der Waals surface area contributed by atoms with Crippen molar-refractivity contribution in [3.05, 3.63) is 34.9 Å². The Bertz CT molecular complexity index is 427. The van der Waals surface area contributed by atoms with Crippen molar-refractivity contribution in [3.8, 4) is 0 Å². The first kappa shape index (κ1) is 17.2. The number of benzene rings is 1. The first-order valence-electron chi connectivity index (χ1n) is 8.19. The summed E-state index contributed by atoms with van der Waals surface area (Å²) in [6.45, 7) is 10.2. The Morgan fingerprint density at radius 2 is 1.81 bits per heavy atom. The lowest BCUT2D eigenvalue weighted by Crippen LogP contribution is -2.46. The molecule has 0 aliphatic carbocycles. The van der Waals surface area contributed by atoms with Crippen molar-refractivity contribution in [1.29, 1.82) is 0 Å². The first-order chi connectivity index (χ1) is 10.2. The molecule has 1 saturated heterocycles. The van der Waals surface area contributed by atoms with E-state index in [4.69, 9.17) is 0 Å². The minimum atomic E-state index is 0.595. The third-order valence-corrected chi connectivity index (χ3v) is 7.83. The van der Waals surface area contributed by atoms with E-state index in [0.29, 0.717) is 6.04 Å². The Balaban J connectivity index is 2.18. The predicted octanol–water partition coefficient (Wildman–Crippen LogP) is 4.45. The molecule has 0 aromatic heterocycles. The second-order valence-corrected chi connectivity index (χ2v) is 8.52. The Hall–Kier alpha value is -0.120. The molecule has 0 spiro atoms. The van der Waals surface area contributed by atoms with Crippen molar-refractivity contribution < 1.29 is 0 Å². The molecule has 1 aromatic rings. The third kappa shape index (κ3) is 4.43.